The minimum atomic E-state index is 0.552. The van der Waals surface area contributed by atoms with Gasteiger partial charge >= 0.3 is 0 Å². The SMILES string of the molecule is C[C@@H]1C[C@@H](C)CN(c2nsnc2Cl)C1. The van der Waals surface area contributed by atoms with Gasteiger partial charge in [0.25, 0.3) is 0 Å². The Hall–Kier alpha value is -0.350. The Balaban J connectivity index is 2.15. The first-order valence-corrected chi connectivity index (χ1v) is 6.00. The summed E-state index contributed by atoms with van der Waals surface area (Å²) in [4.78, 5) is 2.25. The summed E-state index contributed by atoms with van der Waals surface area (Å²) in [5, 5.41) is 0.552. The normalized spacial score (nSPS) is 28.1. The zero-order chi connectivity index (χ0) is 10.1. The van der Waals surface area contributed by atoms with Gasteiger partial charge in [0.05, 0.1) is 11.7 Å². The first-order valence-electron chi connectivity index (χ1n) is 4.90. The second kappa shape index (κ2) is 4.03. The van der Waals surface area contributed by atoms with Crippen LogP contribution in [-0.2, 0) is 0 Å². The maximum absolute atomic E-state index is 5.96. The van der Waals surface area contributed by atoms with E-state index in [0.717, 1.165) is 30.7 Å². The van der Waals surface area contributed by atoms with Crippen LogP contribution in [0.5, 0.6) is 0 Å². The van der Waals surface area contributed by atoms with E-state index in [0.29, 0.717) is 5.15 Å². The van der Waals surface area contributed by atoms with E-state index in [2.05, 4.69) is 27.5 Å². The third kappa shape index (κ3) is 2.01. The molecular formula is C9H14ClN3S. The molecule has 1 saturated heterocycles. The molecule has 2 atom stereocenters. The molecule has 0 aliphatic carbocycles. The van der Waals surface area contributed by atoms with Gasteiger partial charge in [-0.2, -0.15) is 8.75 Å². The molecule has 2 heterocycles. The van der Waals surface area contributed by atoms with Gasteiger partial charge in [0.15, 0.2) is 11.0 Å². The number of aromatic nitrogens is 2. The molecule has 1 aliphatic rings. The molecule has 0 unspecified atom stereocenters. The molecular weight excluding hydrogens is 218 g/mol. The lowest BCUT2D eigenvalue weighted by Gasteiger charge is -2.34. The van der Waals surface area contributed by atoms with E-state index >= 15 is 0 Å². The summed E-state index contributed by atoms with van der Waals surface area (Å²) in [6, 6.07) is 0. The summed E-state index contributed by atoms with van der Waals surface area (Å²) < 4.78 is 8.23. The van der Waals surface area contributed by atoms with Crippen molar-refractivity contribution in [1.29, 1.82) is 0 Å². The molecule has 1 fully saturated rings. The topological polar surface area (TPSA) is 29.0 Å². The Labute approximate surface area is 93.4 Å². The Morgan fingerprint density at radius 3 is 2.43 bits per heavy atom. The van der Waals surface area contributed by atoms with Gasteiger partial charge in [-0.15, -0.1) is 0 Å². The van der Waals surface area contributed by atoms with Gasteiger partial charge in [-0.05, 0) is 18.3 Å². The molecule has 78 valence electrons. The summed E-state index contributed by atoms with van der Waals surface area (Å²) >= 11 is 7.15. The van der Waals surface area contributed by atoms with E-state index in [1.54, 1.807) is 0 Å². The van der Waals surface area contributed by atoms with Crippen LogP contribution in [0.15, 0.2) is 0 Å². The Bertz CT molecular complexity index is 305. The Kier molecular flexibility index (Phi) is 2.93. The van der Waals surface area contributed by atoms with Crippen LogP contribution in [0, 0.1) is 11.8 Å². The predicted molar refractivity (Wildman–Crippen MR) is 60.1 cm³/mol. The van der Waals surface area contributed by atoms with Crippen molar-refractivity contribution in [1.82, 2.24) is 8.75 Å². The van der Waals surface area contributed by atoms with Crippen molar-refractivity contribution in [2.75, 3.05) is 18.0 Å². The standard InChI is InChI=1S/C9H14ClN3S/c1-6-3-7(2)5-13(4-6)9-8(10)11-14-12-9/h6-7H,3-5H2,1-2H3/t6-,7-/m1/s1. The fourth-order valence-electron chi connectivity index (χ4n) is 2.20. The van der Waals surface area contributed by atoms with Crippen LogP contribution in [0.1, 0.15) is 20.3 Å². The monoisotopic (exact) mass is 231 g/mol. The molecule has 2 rings (SSSR count). The lowest BCUT2D eigenvalue weighted by molar-refractivity contribution is 0.355. The highest BCUT2D eigenvalue weighted by Crippen LogP contribution is 2.29. The minimum absolute atomic E-state index is 0.552. The fraction of sp³-hybridized carbons (Fsp3) is 0.778. The van der Waals surface area contributed by atoms with E-state index in [-0.39, 0.29) is 0 Å². The molecule has 5 heteroatoms. The maximum atomic E-state index is 5.96. The van der Waals surface area contributed by atoms with Crippen molar-refractivity contribution in [3.63, 3.8) is 0 Å². The van der Waals surface area contributed by atoms with Crippen LogP contribution < -0.4 is 4.90 Å². The molecule has 14 heavy (non-hydrogen) atoms. The number of hydrogen-bond donors (Lipinski definition) is 0. The molecule has 0 aromatic carbocycles. The van der Waals surface area contributed by atoms with E-state index in [4.69, 9.17) is 11.6 Å². The average Bonchev–Trinajstić information content (AvgIpc) is 2.49. The second-order valence-electron chi connectivity index (χ2n) is 4.23. The molecule has 3 nitrogen and oxygen atoms in total. The van der Waals surface area contributed by atoms with Gasteiger partial charge in [0.1, 0.15) is 0 Å². The van der Waals surface area contributed by atoms with E-state index in [1.807, 2.05) is 0 Å². The summed E-state index contributed by atoms with van der Waals surface area (Å²) in [6.07, 6.45) is 1.30. The molecule has 0 saturated carbocycles. The van der Waals surface area contributed by atoms with Crippen molar-refractivity contribution in [3.8, 4) is 0 Å². The molecule has 0 N–H and O–H groups in total. The highest BCUT2D eigenvalue weighted by atomic mass is 35.5. The molecule has 1 aromatic heterocycles. The van der Waals surface area contributed by atoms with Crippen LogP contribution in [0.25, 0.3) is 0 Å². The van der Waals surface area contributed by atoms with E-state index in [9.17, 15) is 0 Å². The van der Waals surface area contributed by atoms with E-state index < -0.39 is 0 Å². The van der Waals surface area contributed by atoms with Crippen molar-refractivity contribution >= 4 is 29.1 Å². The van der Waals surface area contributed by atoms with Gasteiger partial charge < -0.3 is 4.90 Å². The van der Waals surface area contributed by atoms with Crippen LogP contribution >= 0.6 is 23.3 Å². The third-order valence-corrected chi connectivity index (χ3v) is 3.47. The third-order valence-electron chi connectivity index (χ3n) is 2.60. The number of rotatable bonds is 1. The molecule has 0 amide bonds. The molecule has 0 radical (unpaired) electrons. The highest BCUT2D eigenvalue weighted by molar-refractivity contribution is 6.99. The second-order valence-corrected chi connectivity index (χ2v) is 5.12. The van der Waals surface area contributed by atoms with Gasteiger partial charge in [-0.3, -0.25) is 0 Å². The van der Waals surface area contributed by atoms with Gasteiger partial charge in [-0.25, -0.2) is 0 Å². The van der Waals surface area contributed by atoms with Gasteiger partial charge in [0.2, 0.25) is 0 Å². The largest absolute Gasteiger partial charge is 0.353 e. The average molecular weight is 232 g/mol. The van der Waals surface area contributed by atoms with Crippen molar-refractivity contribution in [3.05, 3.63) is 5.15 Å². The van der Waals surface area contributed by atoms with E-state index in [1.165, 1.54) is 18.1 Å². The molecule has 1 aliphatic heterocycles. The van der Waals surface area contributed by atoms with Gasteiger partial charge in [0, 0.05) is 13.1 Å². The molecule has 1 aromatic rings. The Morgan fingerprint density at radius 2 is 1.93 bits per heavy atom. The quantitative estimate of drug-likeness (QED) is 0.744. The number of halogens is 1. The fourth-order valence-corrected chi connectivity index (χ4v) is 2.98. The summed E-state index contributed by atoms with van der Waals surface area (Å²) in [5.41, 5.74) is 0. The van der Waals surface area contributed by atoms with Crippen LogP contribution in [0.2, 0.25) is 5.15 Å². The van der Waals surface area contributed by atoms with Crippen LogP contribution in [0.3, 0.4) is 0 Å². The van der Waals surface area contributed by atoms with Crippen molar-refractivity contribution in [2.45, 2.75) is 20.3 Å². The molecule has 0 spiro atoms. The number of piperidine rings is 1. The summed E-state index contributed by atoms with van der Waals surface area (Å²) in [7, 11) is 0. The zero-order valence-corrected chi connectivity index (χ0v) is 9.98. The maximum Gasteiger partial charge on any atom is 0.187 e. The highest BCUT2D eigenvalue weighted by Gasteiger charge is 2.25. The lowest BCUT2D eigenvalue weighted by atomic mass is 9.92. The minimum Gasteiger partial charge on any atom is -0.353 e. The lowest BCUT2D eigenvalue weighted by Crippen LogP contribution is -2.39. The van der Waals surface area contributed by atoms with Gasteiger partial charge in [-0.1, -0.05) is 25.4 Å². The number of hydrogen-bond acceptors (Lipinski definition) is 4. The van der Waals surface area contributed by atoms with Crippen molar-refractivity contribution < 1.29 is 0 Å². The van der Waals surface area contributed by atoms with Crippen LogP contribution in [-0.4, -0.2) is 21.8 Å². The Morgan fingerprint density at radius 1 is 1.29 bits per heavy atom. The first kappa shape index (κ1) is 10.2. The number of anilines is 1. The van der Waals surface area contributed by atoms with Crippen molar-refractivity contribution in [2.24, 2.45) is 11.8 Å². The smallest absolute Gasteiger partial charge is 0.187 e. The first-order chi connectivity index (χ1) is 6.66. The summed E-state index contributed by atoms with van der Waals surface area (Å²) in [6.45, 7) is 6.65. The van der Waals surface area contributed by atoms with Crippen LogP contribution in [0.4, 0.5) is 5.82 Å². The predicted octanol–water partition coefficient (Wildman–Crippen LogP) is 2.67. The zero-order valence-electron chi connectivity index (χ0n) is 8.40. The number of nitrogens with zero attached hydrogens (tertiary/aromatic N) is 3. The molecule has 0 bridgehead atoms. The summed E-state index contributed by atoms with van der Waals surface area (Å²) in [5.74, 6) is 2.31.